The van der Waals surface area contributed by atoms with Crippen LogP contribution in [0.3, 0.4) is 0 Å². The minimum Gasteiger partial charge on any atom is -0.464 e. The zero-order chi connectivity index (χ0) is 17.6. The highest BCUT2D eigenvalue weighted by molar-refractivity contribution is 7.09. The van der Waals surface area contributed by atoms with Gasteiger partial charge in [-0.3, -0.25) is 0 Å². The van der Waals surface area contributed by atoms with Gasteiger partial charge in [0.2, 0.25) is 0 Å². The molecule has 0 spiro atoms. The maximum atomic E-state index is 12.3. The van der Waals surface area contributed by atoms with E-state index in [1.54, 1.807) is 25.3 Å². The highest BCUT2D eigenvalue weighted by atomic mass is 32.1. The normalized spacial score (nSPS) is 12.3. The third kappa shape index (κ3) is 5.82. The molecule has 0 aromatic carbocycles. The van der Waals surface area contributed by atoms with Gasteiger partial charge in [-0.1, -0.05) is 27.7 Å². The number of hydrogen-bond donors (Lipinski definition) is 1. The van der Waals surface area contributed by atoms with Crippen LogP contribution < -0.4 is 5.32 Å². The highest BCUT2D eigenvalue weighted by Crippen LogP contribution is 2.19. The van der Waals surface area contributed by atoms with Crippen LogP contribution in [0.25, 0.3) is 0 Å². The molecule has 23 heavy (non-hydrogen) atoms. The second-order valence-electron chi connectivity index (χ2n) is 6.11. The van der Waals surface area contributed by atoms with E-state index in [-0.39, 0.29) is 11.9 Å². The first-order chi connectivity index (χ1) is 10.8. The average Bonchev–Trinajstić information content (AvgIpc) is 2.92. The number of amides is 2. The molecule has 130 valence electrons. The Kier molecular flexibility index (Phi) is 7.48. The van der Waals surface area contributed by atoms with Crippen LogP contribution in [0, 0.1) is 5.92 Å². The molecule has 1 aromatic rings. The number of esters is 1. The second-order valence-corrected chi connectivity index (χ2v) is 7.00. The fraction of sp³-hybridized carbons (Fsp3) is 0.688. The van der Waals surface area contributed by atoms with E-state index in [1.165, 1.54) is 4.90 Å². The summed E-state index contributed by atoms with van der Waals surface area (Å²) in [6.45, 7) is 10.4. The lowest BCUT2D eigenvalue weighted by molar-refractivity contribution is -0.146. The first-order valence-corrected chi connectivity index (χ1v) is 8.76. The van der Waals surface area contributed by atoms with Crippen molar-refractivity contribution in [2.24, 2.45) is 5.92 Å². The molecule has 7 heteroatoms. The van der Waals surface area contributed by atoms with Crippen molar-refractivity contribution in [3.05, 3.63) is 16.1 Å². The van der Waals surface area contributed by atoms with Crippen LogP contribution in [0.5, 0.6) is 0 Å². The van der Waals surface area contributed by atoms with Gasteiger partial charge in [0, 0.05) is 18.3 Å². The topological polar surface area (TPSA) is 71.5 Å². The van der Waals surface area contributed by atoms with Crippen molar-refractivity contribution in [3.8, 4) is 0 Å². The van der Waals surface area contributed by atoms with Crippen LogP contribution in [-0.2, 0) is 16.1 Å². The molecule has 1 atom stereocenters. The summed E-state index contributed by atoms with van der Waals surface area (Å²) in [6, 6.07) is -0.956. The van der Waals surface area contributed by atoms with Crippen LogP contribution >= 0.6 is 11.3 Å². The Bertz CT molecular complexity index is 528. The summed E-state index contributed by atoms with van der Waals surface area (Å²) in [4.78, 5) is 30.2. The number of thiazole rings is 1. The summed E-state index contributed by atoms with van der Waals surface area (Å²) in [5.74, 6) is -0.0692. The number of ether oxygens (including phenoxy) is 1. The largest absolute Gasteiger partial charge is 0.464 e. The molecule has 6 nitrogen and oxygen atoms in total. The molecule has 0 aliphatic carbocycles. The van der Waals surface area contributed by atoms with E-state index in [4.69, 9.17) is 4.74 Å². The zero-order valence-electron chi connectivity index (χ0n) is 14.8. The third-order valence-corrected chi connectivity index (χ3v) is 4.49. The summed E-state index contributed by atoms with van der Waals surface area (Å²) >= 11 is 1.60. The molecular formula is C16H27N3O3S. The van der Waals surface area contributed by atoms with Gasteiger partial charge in [-0.05, 0) is 12.8 Å². The standard InChI is InChI=1S/C16H27N3O3S/c1-7-22-15(20)13(10(2)3)18-16(21)19(6)8-12-9-23-14(17-12)11(4)5/h9-11,13H,7-8H2,1-6H3,(H,18,21)/t13-/m0/s1. The first kappa shape index (κ1) is 19.4. The van der Waals surface area contributed by atoms with E-state index in [0.29, 0.717) is 19.1 Å². The Balaban J connectivity index is 2.65. The Labute approximate surface area is 142 Å². The van der Waals surface area contributed by atoms with E-state index in [2.05, 4.69) is 24.1 Å². The van der Waals surface area contributed by atoms with Gasteiger partial charge in [-0.15, -0.1) is 11.3 Å². The molecule has 0 radical (unpaired) electrons. The number of nitrogens with one attached hydrogen (secondary N) is 1. The number of carbonyl (C=O) groups is 2. The molecule has 1 aromatic heterocycles. The molecule has 0 bridgehead atoms. The van der Waals surface area contributed by atoms with Crippen molar-refractivity contribution in [2.45, 2.75) is 53.1 Å². The van der Waals surface area contributed by atoms with Gasteiger partial charge in [0.25, 0.3) is 0 Å². The number of rotatable bonds is 7. The van der Waals surface area contributed by atoms with Crippen molar-refractivity contribution >= 4 is 23.3 Å². The van der Waals surface area contributed by atoms with Crippen molar-refractivity contribution in [1.29, 1.82) is 0 Å². The molecule has 1 N–H and O–H groups in total. The van der Waals surface area contributed by atoms with Gasteiger partial charge >= 0.3 is 12.0 Å². The Morgan fingerprint density at radius 2 is 2.00 bits per heavy atom. The predicted molar refractivity (Wildman–Crippen MR) is 91.5 cm³/mol. The Morgan fingerprint density at radius 1 is 1.35 bits per heavy atom. The number of nitrogens with zero attached hydrogens (tertiary/aromatic N) is 2. The highest BCUT2D eigenvalue weighted by Gasteiger charge is 2.26. The van der Waals surface area contributed by atoms with E-state index in [9.17, 15) is 9.59 Å². The molecule has 2 amide bonds. The van der Waals surface area contributed by atoms with E-state index < -0.39 is 12.0 Å². The van der Waals surface area contributed by atoms with Gasteiger partial charge < -0.3 is 15.0 Å². The summed E-state index contributed by atoms with van der Waals surface area (Å²) in [5, 5.41) is 5.76. The average molecular weight is 341 g/mol. The van der Waals surface area contributed by atoms with Gasteiger partial charge in [0.05, 0.1) is 23.9 Å². The minimum atomic E-state index is -0.647. The van der Waals surface area contributed by atoms with Crippen LogP contribution in [0.4, 0.5) is 4.79 Å². The molecule has 1 rings (SSSR count). The Hall–Kier alpha value is -1.63. The lowest BCUT2D eigenvalue weighted by atomic mass is 10.1. The third-order valence-electron chi connectivity index (χ3n) is 3.30. The molecule has 0 saturated carbocycles. The molecule has 0 aliphatic heterocycles. The maximum Gasteiger partial charge on any atom is 0.328 e. The Morgan fingerprint density at radius 3 is 2.48 bits per heavy atom. The minimum absolute atomic E-state index is 0.0433. The van der Waals surface area contributed by atoms with Crippen molar-refractivity contribution in [1.82, 2.24) is 15.2 Å². The number of hydrogen-bond acceptors (Lipinski definition) is 5. The summed E-state index contributed by atoms with van der Waals surface area (Å²) in [6.07, 6.45) is 0. The SMILES string of the molecule is CCOC(=O)[C@@H](NC(=O)N(C)Cc1csc(C(C)C)n1)C(C)C. The van der Waals surface area contributed by atoms with Crippen LogP contribution in [0.1, 0.15) is 51.2 Å². The summed E-state index contributed by atoms with van der Waals surface area (Å²) < 4.78 is 5.01. The fourth-order valence-electron chi connectivity index (χ4n) is 1.95. The molecule has 0 fully saturated rings. The van der Waals surface area contributed by atoms with Crippen LogP contribution in [-0.4, -0.2) is 41.6 Å². The molecular weight excluding hydrogens is 314 g/mol. The van der Waals surface area contributed by atoms with Crippen LogP contribution in [0.2, 0.25) is 0 Å². The summed E-state index contributed by atoms with van der Waals surface area (Å²) in [5.41, 5.74) is 0.855. The van der Waals surface area contributed by atoms with Crippen LogP contribution in [0.15, 0.2) is 5.38 Å². The van der Waals surface area contributed by atoms with E-state index >= 15 is 0 Å². The number of urea groups is 1. The number of aromatic nitrogens is 1. The van der Waals surface area contributed by atoms with Gasteiger partial charge in [-0.25, -0.2) is 14.6 Å². The first-order valence-electron chi connectivity index (χ1n) is 7.88. The molecule has 0 saturated heterocycles. The van der Waals surface area contributed by atoms with Gasteiger partial charge in [0.1, 0.15) is 6.04 Å². The quantitative estimate of drug-likeness (QED) is 0.774. The van der Waals surface area contributed by atoms with Gasteiger partial charge in [-0.2, -0.15) is 0 Å². The van der Waals surface area contributed by atoms with Crippen molar-refractivity contribution in [3.63, 3.8) is 0 Å². The lowest BCUT2D eigenvalue weighted by Crippen LogP contribution is -2.49. The fourth-order valence-corrected chi connectivity index (χ4v) is 2.77. The molecule has 0 aliphatic rings. The zero-order valence-corrected chi connectivity index (χ0v) is 15.6. The van der Waals surface area contributed by atoms with E-state index in [0.717, 1.165) is 10.7 Å². The number of carbonyl (C=O) groups excluding carboxylic acids is 2. The monoisotopic (exact) mass is 341 g/mol. The smallest absolute Gasteiger partial charge is 0.328 e. The van der Waals surface area contributed by atoms with Gasteiger partial charge in [0.15, 0.2) is 0 Å². The maximum absolute atomic E-state index is 12.3. The predicted octanol–water partition coefficient (Wildman–Crippen LogP) is 3.00. The summed E-state index contributed by atoms with van der Waals surface area (Å²) in [7, 11) is 1.69. The molecule has 0 unspecified atom stereocenters. The van der Waals surface area contributed by atoms with Crippen molar-refractivity contribution < 1.29 is 14.3 Å². The second kappa shape index (κ2) is 8.86. The molecule has 1 heterocycles. The van der Waals surface area contributed by atoms with Crippen molar-refractivity contribution in [2.75, 3.05) is 13.7 Å². The van der Waals surface area contributed by atoms with E-state index in [1.807, 2.05) is 19.2 Å². The lowest BCUT2D eigenvalue weighted by Gasteiger charge is -2.24.